The van der Waals surface area contributed by atoms with Crippen LogP contribution in [-0.2, 0) is 0 Å². The van der Waals surface area contributed by atoms with Gasteiger partial charge in [0, 0.05) is 11.6 Å². The van der Waals surface area contributed by atoms with E-state index in [2.05, 4.69) is 4.98 Å². The first kappa shape index (κ1) is 11.8. The highest BCUT2D eigenvalue weighted by Crippen LogP contribution is 2.29. The van der Waals surface area contributed by atoms with Crippen molar-refractivity contribution < 1.29 is 18.7 Å². The highest BCUT2D eigenvalue weighted by molar-refractivity contribution is 5.93. The molecule has 0 radical (unpaired) electrons. The van der Waals surface area contributed by atoms with Crippen molar-refractivity contribution in [2.45, 2.75) is 6.17 Å². The maximum atomic E-state index is 13.9. The molecule has 6 heteroatoms. The van der Waals surface area contributed by atoms with E-state index in [1.54, 1.807) is 4.90 Å². The molecular formula is C13H10F2N2O2. The average Bonchev–Trinajstić information content (AvgIpc) is 2.33. The first-order valence-electron chi connectivity index (χ1n) is 5.76. The number of benzene rings is 1. The molecule has 0 bridgehead atoms. The first-order valence-corrected chi connectivity index (χ1v) is 5.76. The molecule has 1 aromatic heterocycles. The number of alkyl halides is 1. The normalized spacial score (nSPS) is 15.6. The van der Waals surface area contributed by atoms with Gasteiger partial charge in [0.05, 0.1) is 29.9 Å². The molecule has 3 rings (SSSR count). The van der Waals surface area contributed by atoms with Gasteiger partial charge in [-0.15, -0.1) is 0 Å². The highest BCUT2D eigenvalue weighted by Gasteiger charge is 2.28. The molecule has 1 aromatic carbocycles. The zero-order valence-corrected chi connectivity index (χ0v) is 9.81. The molecule has 1 aliphatic rings. The zero-order chi connectivity index (χ0) is 13.6. The maximum Gasteiger partial charge on any atom is 0.337 e. The van der Waals surface area contributed by atoms with Crippen molar-refractivity contribution in [1.82, 2.24) is 4.98 Å². The van der Waals surface area contributed by atoms with Crippen molar-refractivity contribution in [3.05, 3.63) is 35.8 Å². The summed E-state index contributed by atoms with van der Waals surface area (Å²) in [4.78, 5) is 16.4. The quantitative estimate of drug-likeness (QED) is 0.903. The monoisotopic (exact) mass is 264 g/mol. The van der Waals surface area contributed by atoms with Gasteiger partial charge in [-0.25, -0.2) is 13.6 Å². The zero-order valence-electron chi connectivity index (χ0n) is 9.81. The lowest BCUT2D eigenvalue weighted by Gasteiger charge is -2.36. The topological polar surface area (TPSA) is 53.4 Å². The lowest BCUT2D eigenvalue weighted by molar-refractivity contribution is 0.0696. The fraction of sp³-hybridized carbons (Fsp3) is 0.231. The van der Waals surface area contributed by atoms with E-state index in [-0.39, 0.29) is 18.7 Å². The van der Waals surface area contributed by atoms with Crippen LogP contribution < -0.4 is 4.90 Å². The van der Waals surface area contributed by atoms with Gasteiger partial charge in [0.25, 0.3) is 0 Å². The van der Waals surface area contributed by atoms with E-state index in [1.165, 1.54) is 24.4 Å². The number of carbonyl (C=O) groups is 1. The molecular weight excluding hydrogens is 254 g/mol. The van der Waals surface area contributed by atoms with Gasteiger partial charge >= 0.3 is 5.97 Å². The molecule has 19 heavy (non-hydrogen) atoms. The molecule has 0 aliphatic carbocycles. The van der Waals surface area contributed by atoms with Crippen molar-refractivity contribution in [3.8, 4) is 0 Å². The molecule has 0 spiro atoms. The second-order valence-corrected chi connectivity index (χ2v) is 4.53. The molecule has 2 heterocycles. The number of nitrogens with zero attached hydrogens (tertiary/aromatic N) is 2. The maximum absolute atomic E-state index is 13.9. The van der Waals surface area contributed by atoms with E-state index in [0.29, 0.717) is 16.6 Å². The predicted molar refractivity (Wildman–Crippen MR) is 65.8 cm³/mol. The molecule has 1 saturated heterocycles. The van der Waals surface area contributed by atoms with E-state index in [9.17, 15) is 13.6 Å². The molecule has 1 aliphatic heterocycles. The Bertz CT molecular complexity index is 669. The summed E-state index contributed by atoms with van der Waals surface area (Å²) < 4.78 is 26.7. The molecule has 0 saturated carbocycles. The van der Waals surface area contributed by atoms with Gasteiger partial charge in [-0.3, -0.25) is 4.98 Å². The summed E-state index contributed by atoms with van der Waals surface area (Å²) in [6, 6.07) is 4.11. The van der Waals surface area contributed by atoms with Gasteiger partial charge in [-0.2, -0.15) is 0 Å². The number of hydrogen-bond acceptors (Lipinski definition) is 3. The second-order valence-electron chi connectivity index (χ2n) is 4.53. The standard InChI is InChI=1S/C13H10F2N2O2/c14-9-5-17(6-9)12-3-11-7(2-10(12)15)1-8(4-16-11)13(18)19/h1-4,9H,5-6H2,(H,18,19). The van der Waals surface area contributed by atoms with E-state index in [0.717, 1.165) is 0 Å². The van der Waals surface area contributed by atoms with Crippen molar-refractivity contribution in [2.24, 2.45) is 0 Å². The molecule has 98 valence electrons. The summed E-state index contributed by atoms with van der Waals surface area (Å²) in [6.07, 6.45) is 0.304. The van der Waals surface area contributed by atoms with Crippen molar-refractivity contribution >= 4 is 22.6 Å². The van der Waals surface area contributed by atoms with Crippen LogP contribution in [0.3, 0.4) is 0 Å². The lowest BCUT2D eigenvalue weighted by Crippen LogP contribution is -2.48. The van der Waals surface area contributed by atoms with Crippen LogP contribution in [0.1, 0.15) is 10.4 Å². The summed E-state index contributed by atoms with van der Waals surface area (Å²) in [5, 5.41) is 9.26. The summed E-state index contributed by atoms with van der Waals surface area (Å²) in [5.74, 6) is -1.61. The summed E-state index contributed by atoms with van der Waals surface area (Å²) in [5.41, 5.74) is 0.799. The summed E-state index contributed by atoms with van der Waals surface area (Å²) in [7, 11) is 0. The van der Waals surface area contributed by atoms with Gasteiger partial charge in [0.2, 0.25) is 0 Å². The smallest absolute Gasteiger partial charge is 0.337 e. The fourth-order valence-electron chi connectivity index (χ4n) is 2.12. The Hall–Kier alpha value is -2.24. The minimum absolute atomic E-state index is 0.00687. The molecule has 1 N–H and O–H groups in total. The van der Waals surface area contributed by atoms with Crippen LogP contribution in [0.15, 0.2) is 24.4 Å². The molecule has 0 unspecified atom stereocenters. The third-order valence-corrected chi connectivity index (χ3v) is 3.17. The van der Waals surface area contributed by atoms with E-state index < -0.39 is 18.0 Å². The number of hydrogen-bond donors (Lipinski definition) is 1. The molecule has 0 amide bonds. The van der Waals surface area contributed by atoms with Gasteiger partial charge in [-0.05, 0) is 18.2 Å². The molecule has 1 fully saturated rings. The van der Waals surface area contributed by atoms with Gasteiger partial charge < -0.3 is 10.0 Å². The Morgan fingerprint density at radius 3 is 2.74 bits per heavy atom. The van der Waals surface area contributed by atoms with Crippen LogP contribution in [0, 0.1) is 5.82 Å². The minimum Gasteiger partial charge on any atom is -0.478 e. The van der Waals surface area contributed by atoms with Gasteiger partial charge in [0.15, 0.2) is 0 Å². The lowest BCUT2D eigenvalue weighted by atomic mass is 10.1. The molecule has 4 nitrogen and oxygen atoms in total. The number of carboxylic acid groups (broad SMARTS) is 1. The summed E-state index contributed by atoms with van der Waals surface area (Å²) >= 11 is 0. The SMILES string of the molecule is O=C(O)c1cnc2cc(N3CC(F)C3)c(F)cc2c1. The van der Waals surface area contributed by atoms with E-state index >= 15 is 0 Å². The Morgan fingerprint density at radius 1 is 1.37 bits per heavy atom. The number of fused-ring (bicyclic) bond motifs is 1. The molecule has 0 atom stereocenters. The second kappa shape index (κ2) is 4.15. The number of aromatic carboxylic acids is 1. The Labute approximate surface area is 107 Å². The highest BCUT2D eigenvalue weighted by atomic mass is 19.1. The van der Waals surface area contributed by atoms with Crippen molar-refractivity contribution in [1.29, 1.82) is 0 Å². The third kappa shape index (κ3) is 1.99. The number of aromatic nitrogens is 1. The van der Waals surface area contributed by atoms with Crippen LogP contribution in [0.25, 0.3) is 10.9 Å². The average molecular weight is 264 g/mol. The number of pyridine rings is 1. The van der Waals surface area contributed by atoms with Crippen LogP contribution in [0.5, 0.6) is 0 Å². The first-order chi connectivity index (χ1) is 9.04. The minimum atomic E-state index is -1.11. The molecule has 2 aromatic rings. The number of anilines is 1. The number of halogens is 2. The van der Waals surface area contributed by atoms with Crippen molar-refractivity contribution in [2.75, 3.05) is 18.0 Å². The largest absolute Gasteiger partial charge is 0.478 e. The van der Waals surface area contributed by atoms with E-state index in [1.807, 2.05) is 0 Å². The fourth-order valence-corrected chi connectivity index (χ4v) is 2.12. The van der Waals surface area contributed by atoms with Crippen molar-refractivity contribution in [3.63, 3.8) is 0 Å². The Morgan fingerprint density at radius 2 is 2.11 bits per heavy atom. The van der Waals surface area contributed by atoms with Crippen LogP contribution in [-0.4, -0.2) is 35.3 Å². The van der Waals surface area contributed by atoms with Gasteiger partial charge in [0.1, 0.15) is 12.0 Å². The Balaban J connectivity index is 2.06. The number of carboxylic acids is 1. The van der Waals surface area contributed by atoms with Gasteiger partial charge in [-0.1, -0.05) is 0 Å². The predicted octanol–water partition coefficient (Wildman–Crippen LogP) is 2.23. The Kier molecular flexibility index (Phi) is 2.58. The van der Waals surface area contributed by atoms with Crippen LogP contribution in [0.4, 0.5) is 14.5 Å². The summed E-state index contributed by atoms with van der Waals surface area (Å²) in [6.45, 7) is 0.352. The van der Waals surface area contributed by atoms with Crippen LogP contribution in [0.2, 0.25) is 0 Å². The van der Waals surface area contributed by atoms with Crippen LogP contribution >= 0.6 is 0 Å². The van der Waals surface area contributed by atoms with E-state index in [4.69, 9.17) is 5.11 Å². The third-order valence-electron chi connectivity index (χ3n) is 3.17. The number of rotatable bonds is 2.